The van der Waals surface area contributed by atoms with E-state index in [0.717, 1.165) is 10.9 Å². The van der Waals surface area contributed by atoms with Gasteiger partial charge in [0.1, 0.15) is 0 Å². The molecule has 103 valence electrons. The Morgan fingerprint density at radius 1 is 0.950 bits per heavy atom. The van der Waals surface area contributed by atoms with Crippen molar-refractivity contribution in [2.45, 2.75) is 17.8 Å². The summed E-state index contributed by atoms with van der Waals surface area (Å²) in [7, 11) is 0. The molecule has 0 aliphatic carbocycles. The van der Waals surface area contributed by atoms with Crippen LogP contribution in [0.2, 0.25) is 5.32 Å². The van der Waals surface area contributed by atoms with E-state index >= 15 is 0 Å². The molecule has 0 aromatic heterocycles. The molecule has 0 spiro atoms. The maximum absolute atomic E-state index is 10.8. The second-order valence-corrected chi connectivity index (χ2v) is 6.62. The molecule has 0 bridgehead atoms. The van der Waals surface area contributed by atoms with Crippen LogP contribution in [0.5, 0.6) is 0 Å². The molecule has 0 N–H and O–H groups in total. The zero-order chi connectivity index (χ0) is 14.0. The standard InChI is InChI=1S/C17H17O2Se/c18-19-17(15-9-3-1-4-10-15)13-7-8-14-20-16-11-5-2-6-12-16/h1-12,17H,13-14H2/b8-7+/t17-/m1/s1. The van der Waals surface area contributed by atoms with Crippen LogP contribution in [0.15, 0.2) is 72.8 Å². The fourth-order valence-electron chi connectivity index (χ4n) is 1.85. The van der Waals surface area contributed by atoms with E-state index in [1.807, 2.05) is 42.5 Å². The molecule has 0 unspecified atom stereocenters. The minimum absolute atomic E-state index is 0.392. The molecule has 2 aromatic carbocycles. The topological polar surface area (TPSA) is 29.1 Å². The van der Waals surface area contributed by atoms with Gasteiger partial charge in [-0.2, -0.15) is 0 Å². The third-order valence-corrected chi connectivity index (χ3v) is 4.92. The fourth-order valence-corrected chi connectivity index (χ4v) is 3.47. The first kappa shape index (κ1) is 15.0. The Bertz CT molecular complexity index is 511. The summed E-state index contributed by atoms with van der Waals surface area (Å²) in [6, 6.07) is 20.1. The van der Waals surface area contributed by atoms with Crippen molar-refractivity contribution in [3.05, 3.63) is 78.4 Å². The Balaban J connectivity index is 1.77. The average Bonchev–Trinajstić information content (AvgIpc) is 2.53. The van der Waals surface area contributed by atoms with Gasteiger partial charge in [0.2, 0.25) is 0 Å². The Morgan fingerprint density at radius 3 is 2.25 bits per heavy atom. The number of rotatable bonds is 7. The molecule has 0 aliphatic heterocycles. The molecule has 1 atom stereocenters. The van der Waals surface area contributed by atoms with Crippen LogP contribution in [0.3, 0.4) is 0 Å². The normalized spacial score (nSPS) is 12.7. The molecule has 0 aliphatic rings. The van der Waals surface area contributed by atoms with Gasteiger partial charge in [0.25, 0.3) is 0 Å². The third-order valence-electron chi connectivity index (χ3n) is 2.89. The molecule has 2 rings (SSSR count). The van der Waals surface area contributed by atoms with Gasteiger partial charge in [0.15, 0.2) is 0 Å². The number of hydrogen-bond donors (Lipinski definition) is 0. The molecule has 3 heteroatoms. The van der Waals surface area contributed by atoms with Gasteiger partial charge >= 0.3 is 126 Å². The van der Waals surface area contributed by atoms with E-state index in [4.69, 9.17) is 0 Å². The summed E-state index contributed by atoms with van der Waals surface area (Å²) in [6.07, 6.45) is 4.41. The molecule has 0 fully saturated rings. The molecule has 1 radical (unpaired) electrons. The molecule has 20 heavy (non-hydrogen) atoms. The molecular weight excluding hydrogens is 315 g/mol. The van der Waals surface area contributed by atoms with Crippen LogP contribution in [-0.4, -0.2) is 15.0 Å². The van der Waals surface area contributed by atoms with E-state index in [1.165, 1.54) is 4.46 Å². The second-order valence-electron chi connectivity index (χ2n) is 4.33. The Labute approximate surface area is 126 Å². The van der Waals surface area contributed by atoms with Gasteiger partial charge in [-0.1, -0.05) is 0 Å². The van der Waals surface area contributed by atoms with E-state index in [0.29, 0.717) is 21.4 Å². The van der Waals surface area contributed by atoms with Crippen molar-refractivity contribution in [2.24, 2.45) is 0 Å². The molecule has 2 nitrogen and oxygen atoms in total. The SMILES string of the molecule is [O]O[C@H](C/C=C/C[Se]c1ccccc1)c1ccccc1. The molecular formula is C17H17O2Se. The monoisotopic (exact) mass is 333 g/mol. The predicted octanol–water partition coefficient (Wildman–Crippen LogP) is 3.48. The van der Waals surface area contributed by atoms with Crippen LogP contribution in [0.25, 0.3) is 0 Å². The minimum atomic E-state index is -0.392. The zero-order valence-electron chi connectivity index (χ0n) is 11.1. The first-order chi connectivity index (χ1) is 9.90. The molecule has 0 heterocycles. The summed E-state index contributed by atoms with van der Waals surface area (Å²) < 4.78 is 1.39. The van der Waals surface area contributed by atoms with E-state index in [1.54, 1.807) is 0 Å². The molecule has 0 amide bonds. The first-order valence-corrected chi connectivity index (χ1v) is 8.63. The maximum atomic E-state index is 10.8. The molecule has 0 saturated heterocycles. The number of hydrogen-bond acceptors (Lipinski definition) is 1. The van der Waals surface area contributed by atoms with Crippen LogP contribution >= 0.6 is 0 Å². The van der Waals surface area contributed by atoms with Gasteiger partial charge in [0.05, 0.1) is 0 Å². The molecule has 0 saturated carbocycles. The van der Waals surface area contributed by atoms with Crippen molar-refractivity contribution in [2.75, 3.05) is 0 Å². The Hall–Kier alpha value is -1.38. The summed E-state index contributed by atoms with van der Waals surface area (Å²) in [5, 5.41) is 11.8. The Morgan fingerprint density at radius 2 is 1.60 bits per heavy atom. The van der Waals surface area contributed by atoms with Gasteiger partial charge in [-0.05, 0) is 0 Å². The van der Waals surface area contributed by atoms with Crippen LogP contribution in [0, 0.1) is 0 Å². The van der Waals surface area contributed by atoms with E-state index in [-0.39, 0.29) is 0 Å². The van der Waals surface area contributed by atoms with Crippen molar-refractivity contribution in [3.8, 4) is 0 Å². The zero-order valence-corrected chi connectivity index (χ0v) is 12.9. The second kappa shape index (κ2) is 8.72. The summed E-state index contributed by atoms with van der Waals surface area (Å²) in [5.41, 5.74) is 0.931. The van der Waals surface area contributed by atoms with Crippen molar-refractivity contribution >= 4 is 19.4 Å². The summed E-state index contributed by atoms with van der Waals surface area (Å²) in [6.45, 7) is 0. The third kappa shape index (κ3) is 4.95. The van der Waals surface area contributed by atoms with Crippen LogP contribution < -0.4 is 4.46 Å². The first-order valence-electron chi connectivity index (χ1n) is 6.56. The van der Waals surface area contributed by atoms with E-state index in [2.05, 4.69) is 35.2 Å². The fraction of sp³-hybridized carbons (Fsp3) is 0.176. The number of allylic oxidation sites excluding steroid dienone is 1. The van der Waals surface area contributed by atoms with Gasteiger partial charge in [-0.15, -0.1) is 0 Å². The molecule has 2 aromatic rings. The van der Waals surface area contributed by atoms with Crippen LogP contribution in [-0.2, 0) is 10.1 Å². The Kier molecular flexibility index (Phi) is 6.55. The van der Waals surface area contributed by atoms with Crippen molar-refractivity contribution < 1.29 is 10.1 Å². The van der Waals surface area contributed by atoms with Crippen molar-refractivity contribution in [1.82, 2.24) is 0 Å². The van der Waals surface area contributed by atoms with E-state index in [9.17, 15) is 5.26 Å². The van der Waals surface area contributed by atoms with Crippen molar-refractivity contribution in [1.29, 1.82) is 0 Å². The van der Waals surface area contributed by atoms with Gasteiger partial charge in [-0.25, -0.2) is 0 Å². The van der Waals surface area contributed by atoms with Gasteiger partial charge < -0.3 is 0 Å². The van der Waals surface area contributed by atoms with E-state index < -0.39 is 6.10 Å². The van der Waals surface area contributed by atoms with Gasteiger partial charge in [0, 0.05) is 0 Å². The number of benzene rings is 2. The predicted molar refractivity (Wildman–Crippen MR) is 81.3 cm³/mol. The summed E-state index contributed by atoms with van der Waals surface area (Å²) in [4.78, 5) is 4.31. The average molecular weight is 332 g/mol. The van der Waals surface area contributed by atoms with Crippen LogP contribution in [0.1, 0.15) is 18.1 Å². The van der Waals surface area contributed by atoms with Crippen molar-refractivity contribution in [3.63, 3.8) is 0 Å². The quantitative estimate of drug-likeness (QED) is 0.330. The summed E-state index contributed by atoms with van der Waals surface area (Å²) in [5.74, 6) is 0. The summed E-state index contributed by atoms with van der Waals surface area (Å²) >= 11 is 0.457. The van der Waals surface area contributed by atoms with Gasteiger partial charge in [-0.3, -0.25) is 0 Å². The van der Waals surface area contributed by atoms with Crippen LogP contribution in [0.4, 0.5) is 0 Å².